The highest BCUT2D eigenvalue weighted by Crippen LogP contribution is 2.28. The number of rotatable bonds is 6. The molecule has 1 amide bonds. The van der Waals surface area contributed by atoms with Crippen LogP contribution in [0, 0.1) is 0 Å². The van der Waals surface area contributed by atoms with Gasteiger partial charge in [-0.25, -0.2) is 4.79 Å². The van der Waals surface area contributed by atoms with E-state index in [9.17, 15) is 9.59 Å². The van der Waals surface area contributed by atoms with E-state index in [1.165, 1.54) is 0 Å². The van der Waals surface area contributed by atoms with E-state index in [2.05, 4.69) is 5.32 Å². The van der Waals surface area contributed by atoms with Crippen molar-refractivity contribution in [3.63, 3.8) is 0 Å². The summed E-state index contributed by atoms with van der Waals surface area (Å²) in [6.07, 6.45) is 0. The predicted octanol–water partition coefficient (Wildman–Crippen LogP) is 3.98. The summed E-state index contributed by atoms with van der Waals surface area (Å²) in [6.45, 7) is -0.0220. The van der Waals surface area contributed by atoms with Gasteiger partial charge in [0, 0.05) is 17.0 Å². The molecule has 0 atom stereocenters. The maximum Gasteiger partial charge on any atom is 0.339 e. The van der Waals surface area contributed by atoms with E-state index in [1.54, 1.807) is 31.4 Å². The van der Waals surface area contributed by atoms with Crippen LogP contribution in [0.25, 0.3) is 10.8 Å². The first kappa shape index (κ1) is 18.7. The van der Waals surface area contributed by atoms with Gasteiger partial charge in [-0.1, -0.05) is 48.0 Å². The second-order valence-corrected chi connectivity index (χ2v) is 6.28. The number of amides is 1. The minimum absolute atomic E-state index is 0.332. The number of nitrogens with one attached hydrogen (secondary N) is 1. The molecule has 3 rings (SSSR count). The van der Waals surface area contributed by atoms with Crippen molar-refractivity contribution in [2.45, 2.75) is 6.54 Å². The Labute approximate surface area is 161 Å². The molecule has 0 bridgehead atoms. The molecule has 27 heavy (non-hydrogen) atoms. The van der Waals surface area contributed by atoms with Crippen molar-refractivity contribution in [2.75, 3.05) is 13.7 Å². The smallest absolute Gasteiger partial charge is 0.339 e. The zero-order valence-corrected chi connectivity index (χ0v) is 15.5. The second-order valence-electron chi connectivity index (χ2n) is 5.84. The van der Waals surface area contributed by atoms with Crippen LogP contribution in [0.15, 0.2) is 60.7 Å². The Balaban J connectivity index is 1.61. The highest BCUT2D eigenvalue weighted by molar-refractivity contribution is 6.30. The molecule has 0 heterocycles. The molecule has 0 saturated heterocycles. The third-order valence-electron chi connectivity index (χ3n) is 4.06. The molecule has 1 N–H and O–H groups in total. The summed E-state index contributed by atoms with van der Waals surface area (Å²) >= 11 is 5.82. The number of fused-ring (bicyclic) bond motifs is 1. The number of halogens is 1. The average molecular weight is 384 g/mol. The van der Waals surface area contributed by atoms with Crippen LogP contribution in [-0.4, -0.2) is 25.6 Å². The number of esters is 1. The average Bonchev–Trinajstić information content (AvgIpc) is 2.70. The molecule has 0 aromatic heterocycles. The Bertz CT molecular complexity index is 970. The molecule has 0 aliphatic heterocycles. The van der Waals surface area contributed by atoms with Gasteiger partial charge in [0.15, 0.2) is 6.61 Å². The van der Waals surface area contributed by atoms with Gasteiger partial charge in [0.1, 0.15) is 5.75 Å². The summed E-state index contributed by atoms with van der Waals surface area (Å²) in [5, 5.41) is 4.85. The number of methoxy groups -OCH3 is 1. The van der Waals surface area contributed by atoms with Crippen molar-refractivity contribution >= 4 is 34.2 Å². The summed E-state index contributed by atoms with van der Waals surface area (Å²) in [4.78, 5) is 24.4. The summed E-state index contributed by atoms with van der Waals surface area (Å²) in [7, 11) is 1.57. The Morgan fingerprint density at radius 3 is 2.37 bits per heavy atom. The van der Waals surface area contributed by atoms with E-state index in [1.807, 2.05) is 36.4 Å². The first-order valence-electron chi connectivity index (χ1n) is 8.32. The largest absolute Gasteiger partial charge is 0.496 e. The topological polar surface area (TPSA) is 64.6 Å². The van der Waals surface area contributed by atoms with Crippen molar-refractivity contribution < 1.29 is 19.1 Å². The molecule has 0 fully saturated rings. The van der Waals surface area contributed by atoms with Crippen molar-refractivity contribution in [2.24, 2.45) is 0 Å². The van der Waals surface area contributed by atoms with E-state index in [0.717, 1.165) is 10.9 Å². The van der Waals surface area contributed by atoms with Crippen molar-refractivity contribution in [3.05, 3.63) is 76.8 Å². The Morgan fingerprint density at radius 2 is 1.67 bits per heavy atom. The monoisotopic (exact) mass is 383 g/mol. The van der Waals surface area contributed by atoms with Crippen molar-refractivity contribution in [1.29, 1.82) is 0 Å². The fraction of sp³-hybridized carbons (Fsp3) is 0.143. The van der Waals surface area contributed by atoms with Crippen LogP contribution in [0.4, 0.5) is 0 Å². The zero-order chi connectivity index (χ0) is 19.2. The SMILES string of the molecule is COc1ccc(C(=O)OCC(=O)NCc2ccc(Cl)cc2)c2ccccc12. The molecule has 6 heteroatoms. The Kier molecular flexibility index (Phi) is 5.94. The summed E-state index contributed by atoms with van der Waals surface area (Å²) in [6, 6.07) is 17.8. The van der Waals surface area contributed by atoms with E-state index in [-0.39, 0.29) is 12.5 Å². The van der Waals surface area contributed by atoms with Crippen LogP contribution < -0.4 is 10.1 Å². The molecule has 138 valence electrons. The van der Waals surface area contributed by atoms with E-state index >= 15 is 0 Å². The molecule has 0 unspecified atom stereocenters. The molecule has 0 aliphatic rings. The highest BCUT2D eigenvalue weighted by atomic mass is 35.5. The van der Waals surface area contributed by atoms with Crippen molar-refractivity contribution in [3.8, 4) is 5.75 Å². The maximum absolute atomic E-state index is 12.4. The van der Waals surface area contributed by atoms with Gasteiger partial charge in [0.2, 0.25) is 0 Å². The van der Waals surface area contributed by atoms with Crippen LogP contribution in [0.2, 0.25) is 5.02 Å². The molecule has 3 aromatic rings. The zero-order valence-electron chi connectivity index (χ0n) is 14.7. The first-order chi connectivity index (χ1) is 13.1. The molecule has 0 saturated carbocycles. The lowest BCUT2D eigenvalue weighted by Crippen LogP contribution is -2.28. The maximum atomic E-state index is 12.4. The standard InChI is InChI=1S/C21H18ClNO4/c1-26-19-11-10-18(16-4-2-3-5-17(16)19)21(25)27-13-20(24)23-12-14-6-8-15(22)9-7-14/h2-11H,12-13H2,1H3,(H,23,24). The predicted molar refractivity (Wildman–Crippen MR) is 104 cm³/mol. The number of hydrogen-bond acceptors (Lipinski definition) is 4. The molecule has 0 radical (unpaired) electrons. The third kappa shape index (κ3) is 4.57. The number of benzene rings is 3. The Hall–Kier alpha value is -3.05. The molecule has 5 nitrogen and oxygen atoms in total. The van der Waals surface area contributed by atoms with E-state index in [0.29, 0.717) is 28.3 Å². The van der Waals surface area contributed by atoms with Gasteiger partial charge >= 0.3 is 5.97 Å². The van der Waals surface area contributed by atoms with Crippen LogP contribution >= 0.6 is 11.6 Å². The van der Waals surface area contributed by atoms with Gasteiger partial charge in [0.05, 0.1) is 12.7 Å². The lowest BCUT2D eigenvalue weighted by Gasteiger charge is -2.10. The number of carbonyl (C=O) groups excluding carboxylic acids is 2. The van der Waals surface area contributed by atoms with Crippen LogP contribution in [0.3, 0.4) is 0 Å². The van der Waals surface area contributed by atoms with Gasteiger partial charge in [-0.2, -0.15) is 0 Å². The van der Waals surface area contributed by atoms with Crippen LogP contribution in [0.5, 0.6) is 5.75 Å². The summed E-state index contributed by atoms with van der Waals surface area (Å²) in [5.74, 6) is -0.269. The molecule has 0 aliphatic carbocycles. The molecular formula is C21H18ClNO4. The number of hydrogen-bond donors (Lipinski definition) is 1. The van der Waals surface area contributed by atoms with E-state index in [4.69, 9.17) is 21.1 Å². The molecule has 0 spiro atoms. The van der Waals surface area contributed by atoms with Crippen molar-refractivity contribution in [1.82, 2.24) is 5.32 Å². The van der Waals surface area contributed by atoms with Gasteiger partial charge in [-0.15, -0.1) is 0 Å². The van der Waals surface area contributed by atoms with Gasteiger partial charge < -0.3 is 14.8 Å². The van der Waals surface area contributed by atoms with Gasteiger partial charge in [-0.05, 0) is 35.2 Å². The quantitative estimate of drug-likeness (QED) is 0.654. The van der Waals surface area contributed by atoms with E-state index < -0.39 is 5.97 Å². The second kappa shape index (κ2) is 8.56. The summed E-state index contributed by atoms with van der Waals surface area (Å²) < 4.78 is 10.5. The lowest BCUT2D eigenvalue weighted by atomic mass is 10.0. The fourth-order valence-corrected chi connectivity index (χ4v) is 2.82. The van der Waals surface area contributed by atoms with Gasteiger partial charge in [0.25, 0.3) is 5.91 Å². The normalized spacial score (nSPS) is 10.4. The minimum atomic E-state index is -0.560. The number of ether oxygens (including phenoxy) is 2. The lowest BCUT2D eigenvalue weighted by molar-refractivity contribution is -0.124. The first-order valence-corrected chi connectivity index (χ1v) is 8.70. The molecule has 3 aromatic carbocycles. The number of carbonyl (C=O) groups is 2. The van der Waals surface area contributed by atoms with Gasteiger partial charge in [-0.3, -0.25) is 4.79 Å². The highest BCUT2D eigenvalue weighted by Gasteiger charge is 2.15. The fourth-order valence-electron chi connectivity index (χ4n) is 2.69. The minimum Gasteiger partial charge on any atom is -0.496 e. The van der Waals surface area contributed by atoms with Crippen LogP contribution in [0.1, 0.15) is 15.9 Å². The molecular weight excluding hydrogens is 366 g/mol. The Morgan fingerprint density at radius 1 is 0.963 bits per heavy atom. The third-order valence-corrected chi connectivity index (χ3v) is 4.31. The summed E-state index contributed by atoms with van der Waals surface area (Å²) in [5.41, 5.74) is 1.29. The van der Waals surface area contributed by atoms with Crippen LogP contribution in [-0.2, 0) is 16.1 Å².